The molecule has 0 unspecified atom stereocenters. The highest BCUT2D eigenvalue weighted by atomic mass is 16.5. The van der Waals surface area contributed by atoms with Crippen LogP contribution in [0.15, 0.2) is 59.4 Å². The normalized spacial score (nSPS) is 12.8. The second kappa shape index (κ2) is 11.0. The Bertz CT molecular complexity index is 1350. The van der Waals surface area contributed by atoms with Gasteiger partial charge in [0, 0.05) is 24.7 Å². The van der Waals surface area contributed by atoms with E-state index in [4.69, 9.17) is 4.74 Å². The molecule has 190 valence electrons. The molecule has 0 aliphatic heterocycles. The summed E-state index contributed by atoms with van der Waals surface area (Å²) >= 11 is 0. The molecule has 0 saturated heterocycles. The van der Waals surface area contributed by atoms with Gasteiger partial charge in [0.1, 0.15) is 5.75 Å². The van der Waals surface area contributed by atoms with Crippen LogP contribution in [0.4, 0.5) is 0 Å². The van der Waals surface area contributed by atoms with Gasteiger partial charge in [-0.15, -0.1) is 5.10 Å². The van der Waals surface area contributed by atoms with Crippen LogP contribution in [0.3, 0.4) is 0 Å². The van der Waals surface area contributed by atoms with Gasteiger partial charge in [-0.2, -0.15) is 0 Å². The molecular formula is C28H36N6O2. The van der Waals surface area contributed by atoms with E-state index in [0.717, 1.165) is 36.0 Å². The predicted molar refractivity (Wildman–Crippen MR) is 142 cm³/mol. The molecule has 36 heavy (non-hydrogen) atoms. The van der Waals surface area contributed by atoms with Crippen molar-refractivity contribution >= 4 is 10.9 Å². The number of aromatic nitrogens is 5. The predicted octanol–water partition coefficient (Wildman–Crippen LogP) is 5.21. The molecule has 0 spiro atoms. The van der Waals surface area contributed by atoms with E-state index in [0.29, 0.717) is 24.4 Å². The molecule has 0 aliphatic rings. The third-order valence-electron chi connectivity index (χ3n) is 6.97. The van der Waals surface area contributed by atoms with Crippen LogP contribution in [0.25, 0.3) is 10.9 Å². The van der Waals surface area contributed by atoms with Gasteiger partial charge in [0.25, 0.3) is 5.56 Å². The van der Waals surface area contributed by atoms with E-state index < -0.39 is 0 Å². The molecule has 2 aromatic carbocycles. The standard InChI is InChI=1S/C28H36N6O2/c1-6-11-25(26-30-31-32-34(26)28(3,4)7-2)33(18-20-12-9-8-10-13-20)19-22-16-21-14-15-23(36-5)17-24(21)29-27(22)35/h8-10,12-17,25H,6-7,11,18-19H2,1-5H3,(H,29,35)/t25-/m1/s1. The van der Waals surface area contributed by atoms with Crippen LogP contribution in [0.1, 0.15) is 70.0 Å². The van der Waals surface area contributed by atoms with Gasteiger partial charge in [0.15, 0.2) is 5.82 Å². The molecule has 0 amide bonds. The quantitative estimate of drug-likeness (QED) is 0.312. The highest BCUT2D eigenvalue weighted by Crippen LogP contribution is 2.31. The van der Waals surface area contributed by atoms with E-state index in [1.165, 1.54) is 5.56 Å². The van der Waals surface area contributed by atoms with E-state index in [9.17, 15) is 4.79 Å². The van der Waals surface area contributed by atoms with Crippen molar-refractivity contribution in [2.45, 2.75) is 71.6 Å². The minimum absolute atomic E-state index is 0.0537. The molecule has 8 heteroatoms. The SMILES string of the molecule is CCC[C@H](c1nnnn1C(C)(C)CC)N(Cc1ccccc1)Cc1cc2ccc(OC)cc2[nH]c1=O. The zero-order chi connectivity index (χ0) is 25.7. The Balaban J connectivity index is 1.78. The Labute approximate surface area is 212 Å². The van der Waals surface area contributed by atoms with Crippen molar-refractivity contribution < 1.29 is 4.74 Å². The molecule has 0 aliphatic carbocycles. The molecule has 0 radical (unpaired) electrons. The molecule has 2 aromatic heterocycles. The van der Waals surface area contributed by atoms with Gasteiger partial charge in [0.2, 0.25) is 0 Å². The van der Waals surface area contributed by atoms with Gasteiger partial charge in [-0.1, -0.05) is 50.6 Å². The number of methoxy groups -OCH3 is 1. The first-order valence-electron chi connectivity index (χ1n) is 12.6. The lowest BCUT2D eigenvalue weighted by Gasteiger charge is -2.33. The van der Waals surface area contributed by atoms with Crippen LogP contribution in [0, 0.1) is 0 Å². The van der Waals surface area contributed by atoms with Crippen LogP contribution < -0.4 is 10.3 Å². The summed E-state index contributed by atoms with van der Waals surface area (Å²) in [6, 6.07) is 18.0. The van der Waals surface area contributed by atoms with E-state index in [-0.39, 0.29) is 17.1 Å². The van der Waals surface area contributed by atoms with Crippen LogP contribution in [0.2, 0.25) is 0 Å². The zero-order valence-corrected chi connectivity index (χ0v) is 21.9. The number of fused-ring (bicyclic) bond motifs is 1. The average Bonchev–Trinajstić information content (AvgIpc) is 3.38. The third kappa shape index (κ3) is 5.49. The number of nitrogens with zero attached hydrogens (tertiary/aromatic N) is 5. The maximum atomic E-state index is 13.2. The molecule has 1 N–H and O–H groups in total. The highest BCUT2D eigenvalue weighted by molar-refractivity contribution is 5.80. The number of hydrogen-bond donors (Lipinski definition) is 1. The number of ether oxygens (including phenoxy) is 1. The van der Waals surface area contributed by atoms with Crippen LogP contribution >= 0.6 is 0 Å². The van der Waals surface area contributed by atoms with E-state index in [1.807, 2.05) is 47.1 Å². The van der Waals surface area contributed by atoms with Crippen molar-refractivity contribution in [1.82, 2.24) is 30.1 Å². The van der Waals surface area contributed by atoms with Crippen molar-refractivity contribution in [3.05, 3.63) is 81.9 Å². The molecule has 4 rings (SSSR count). The second-order valence-corrected chi connectivity index (χ2v) is 9.89. The van der Waals surface area contributed by atoms with Crippen molar-refractivity contribution in [3.8, 4) is 5.75 Å². The third-order valence-corrected chi connectivity index (χ3v) is 6.97. The smallest absolute Gasteiger partial charge is 0.252 e. The lowest BCUT2D eigenvalue weighted by Crippen LogP contribution is -2.36. The van der Waals surface area contributed by atoms with Crippen LogP contribution in [-0.4, -0.2) is 37.2 Å². The summed E-state index contributed by atoms with van der Waals surface area (Å²) in [5.41, 5.74) is 2.32. The largest absolute Gasteiger partial charge is 0.497 e. The minimum atomic E-state index is -0.220. The Kier molecular flexibility index (Phi) is 7.84. The fourth-order valence-corrected chi connectivity index (χ4v) is 4.51. The summed E-state index contributed by atoms with van der Waals surface area (Å²) in [6.45, 7) is 9.76. The maximum Gasteiger partial charge on any atom is 0.252 e. The van der Waals surface area contributed by atoms with E-state index in [1.54, 1.807) is 7.11 Å². The van der Waals surface area contributed by atoms with Gasteiger partial charge >= 0.3 is 0 Å². The van der Waals surface area contributed by atoms with Gasteiger partial charge in [-0.05, 0) is 66.3 Å². The Morgan fingerprint density at radius 1 is 1.08 bits per heavy atom. The summed E-state index contributed by atoms with van der Waals surface area (Å²) in [5, 5.41) is 13.9. The number of nitrogens with one attached hydrogen (secondary N) is 1. The maximum absolute atomic E-state index is 13.2. The number of pyridine rings is 1. The van der Waals surface area contributed by atoms with Gasteiger partial charge in [0.05, 0.1) is 24.2 Å². The lowest BCUT2D eigenvalue weighted by atomic mass is 10.00. The minimum Gasteiger partial charge on any atom is -0.497 e. The number of benzene rings is 2. The molecule has 0 fully saturated rings. The monoisotopic (exact) mass is 488 g/mol. The fourth-order valence-electron chi connectivity index (χ4n) is 4.51. The molecule has 0 bridgehead atoms. The van der Waals surface area contributed by atoms with E-state index in [2.05, 4.69) is 65.2 Å². The topological polar surface area (TPSA) is 88.9 Å². The number of H-pyrrole nitrogens is 1. The Hall–Kier alpha value is -3.52. The summed E-state index contributed by atoms with van der Waals surface area (Å²) in [5.74, 6) is 1.55. The molecular weight excluding hydrogens is 452 g/mol. The van der Waals surface area contributed by atoms with Gasteiger partial charge in [-0.3, -0.25) is 9.69 Å². The van der Waals surface area contributed by atoms with Crippen LogP contribution in [-0.2, 0) is 18.6 Å². The number of rotatable bonds is 11. The summed E-state index contributed by atoms with van der Waals surface area (Å²) in [7, 11) is 1.62. The first-order valence-corrected chi connectivity index (χ1v) is 12.6. The molecule has 1 atom stereocenters. The second-order valence-electron chi connectivity index (χ2n) is 9.89. The zero-order valence-electron chi connectivity index (χ0n) is 21.9. The average molecular weight is 489 g/mol. The fraction of sp³-hybridized carbons (Fsp3) is 0.429. The van der Waals surface area contributed by atoms with Crippen LogP contribution in [0.5, 0.6) is 5.75 Å². The molecule has 8 nitrogen and oxygen atoms in total. The van der Waals surface area contributed by atoms with Crippen molar-refractivity contribution in [3.63, 3.8) is 0 Å². The summed E-state index contributed by atoms with van der Waals surface area (Å²) in [4.78, 5) is 18.6. The molecule has 0 saturated carbocycles. The van der Waals surface area contributed by atoms with E-state index >= 15 is 0 Å². The van der Waals surface area contributed by atoms with Crippen molar-refractivity contribution in [2.75, 3.05) is 7.11 Å². The first-order chi connectivity index (χ1) is 17.4. The number of hydrogen-bond acceptors (Lipinski definition) is 6. The lowest BCUT2D eigenvalue weighted by molar-refractivity contribution is 0.145. The highest BCUT2D eigenvalue weighted by Gasteiger charge is 2.31. The van der Waals surface area contributed by atoms with Gasteiger partial charge in [-0.25, -0.2) is 4.68 Å². The first kappa shape index (κ1) is 25.6. The summed E-state index contributed by atoms with van der Waals surface area (Å²) in [6.07, 6.45) is 2.73. The van der Waals surface area contributed by atoms with Crippen molar-refractivity contribution in [2.24, 2.45) is 0 Å². The Morgan fingerprint density at radius 3 is 2.56 bits per heavy atom. The van der Waals surface area contributed by atoms with Gasteiger partial charge < -0.3 is 9.72 Å². The number of tetrazole rings is 1. The molecule has 4 aromatic rings. The molecule has 2 heterocycles. The summed E-state index contributed by atoms with van der Waals surface area (Å²) < 4.78 is 7.28. The Morgan fingerprint density at radius 2 is 1.86 bits per heavy atom. The number of aromatic amines is 1. The van der Waals surface area contributed by atoms with Crippen molar-refractivity contribution in [1.29, 1.82) is 0 Å².